The third-order valence-electron chi connectivity index (χ3n) is 7.21. The van der Waals surface area contributed by atoms with Gasteiger partial charge in [0.15, 0.2) is 0 Å². The van der Waals surface area contributed by atoms with E-state index in [0.29, 0.717) is 23.8 Å². The highest BCUT2D eigenvalue weighted by molar-refractivity contribution is 6.06. The van der Waals surface area contributed by atoms with Crippen molar-refractivity contribution in [1.82, 2.24) is 9.96 Å². The molecule has 0 aromatic heterocycles. The van der Waals surface area contributed by atoms with Crippen LogP contribution in [0.15, 0.2) is 35.3 Å². The number of carbonyl (C=O) groups is 3. The van der Waals surface area contributed by atoms with E-state index in [4.69, 9.17) is 5.73 Å². The molecule has 1 fully saturated rings. The van der Waals surface area contributed by atoms with Crippen LogP contribution in [0, 0.1) is 17.0 Å². The first-order valence-corrected chi connectivity index (χ1v) is 14.8. The quantitative estimate of drug-likeness (QED) is 0.197. The highest BCUT2D eigenvalue weighted by atomic mass is 16.5. The van der Waals surface area contributed by atoms with Gasteiger partial charge in [-0.2, -0.15) is 0 Å². The Morgan fingerprint density at radius 1 is 1.03 bits per heavy atom. The molecule has 8 nitrogen and oxygen atoms in total. The van der Waals surface area contributed by atoms with E-state index >= 15 is 0 Å². The minimum atomic E-state index is -1.22. The molecule has 1 aromatic rings. The Morgan fingerprint density at radius 2 is 1.67 bits per heavy atom. The van der Waals surface area contributed by atoms with Crippen LogP contribution in [-0.2, 0) is 20.8 Å². The first kappa shape index (κ1) is 32.6. The van der Waals surface area contributed by atoms with Gasteiger partial charge in [0.2, 0.25) is 17.7 Å². The third-order valence-corrected chi connectivity index (χ3v) is 7.21. The highest BCUT2D eigenvalue weighted by Crippen LogP contribution is 2.28. The summed E-state index contributed by atoms with van der Waals surface area (Å²) in [6.07, 6.45) is 8.08. The molecule has 1 saturated carbocycles. The first-order valence-electron chi connectivity index (χ1n) is 14.8. The van der Waals surface area contributed by atoms with E-state index in [-0.39, 0.29) is 37.1 Å². The zero-order valence-corrected chi connectivity index (χ0v) is 24.6. The minimum absolute atomic E-state index is 0.0348. The van der Waals surface area contributed by atoms with E-state index in [1.54, 1.807) is 0 Å². The van der Waals surface area contributed by atoms with Gasteiger partial charge < -0.3 is 16.0 Å². The van der Waals surface area contributed by atoms with E-state index in [2.05, 4.69) is 4.99 Å². The Morgan fingerprint density at radius 3 is 2.23 bits per heavy atom. The lowest BCUT2D eigenvalue weighted by Gasteiger charge is -2.38. The van der Waals surface area contributed by atoms with E-state index in [9.17, 15) is 19.6 Å². The zero-order chi connectivity index (χ0) is 28.9. The molecule has 1 aliphatic carbocycles. The molecular formula is C31H49N4O4-. The maximum atomic E-state index is 13.8. The van der Waals surface area contributed by atoms with Gasteiger partial charge in [-0.3, -0.25) is 24.3 Å². The van der Waals surface area contributed by atoms with Crippen LogP contribution in [0.4, 0.5) is 0 Å². The van der Waals surface area contributed by atoms with Gasteiger partial charge in [0, 0.05) is 18.9 Å². The molecule has 0 bridgehead atoms. The predicted molar refractivity (Wildman–Crippen MR) is 157 cm³/mol. The summed E-state index contributed by atoms with van der Waals surface area (Å²) in [5.41, 5.74) is 7.17. The van der Waals surface area contributed by atoms with Crippen LogP contribution in [0.5, 0.6) is 0 Å². The smallest absolute Gasteiger partial charge is 0.247 e. The maximum Gasteiger partial charge on any atom is 0.247 e. The number of rotatable bonds is 13. The summed E-state index contributed by atoms with van der Waals surface area (Å²) in [5, 5.41) is 13.9. The first-order chi connectivity index (χ1) is 18.5. The van der Waals surface area contributed by atoms with E-state index in [1.165, 1.54) is 19.3 Å². The monoisotopic (exact) mass is 541 g/mol. The standard InChI is InChI=1S/C31H49N4O4/c1-6-13-27(31(38)35(39)28(33-23(4)5)19-18-24-14-9-7-10-15-24)34(29(36)20-22(2)3)30(37)26(32)21-25-16-11-8-12-17-25/h8,11-12,16-17,22-24,26-27H,6-7,9-10,13-15,18-21,32H2,1-5H3/q-1/t26-,27-/m0/s1. The second-order valence-electron chi connectivity index (χ2n) is 11.6. The molecule has 218 valence electrons. The lowest BCUT2D eigenvalue weighted by molar-refractivity contribution is -0.154. The predicted octanol–water partition coefficient (Wildman–Crippen LogP) is 5.62. The van der Waals surface area contributed by atoms with Gasteiger partial charge in [0.1, 0.15) is 6.04 Å². The number of hydroxylamine groups is 2. The normalized spacial score (nSPS) is 16.3. The number of hydrogen-bond donors (Lipinski definition) is 1. The summed E-state index contributed by atoms with van der Waals surface area (Å²) in [7, 11) is 0. The number of aliphatic imine (C=N–C) groups is 1. The van der Waals surface area contributed by atoms with Crippen LogP contribution >= 0.6 is 0 Å². The van der Waals surface area contributed by atoms with Crippen molar-refractivity contribution in [2.24, 2.45) is 22.6 Å². The molecule has 0 saturated heterocycles. The topological polar surface area (TPSA) is 119 Å². The van der Waals surface area contributed by atoms with Gasteiger partial charge in [-0.1, -0.05) is 89.6 Å². The molecule has 1 aromatic carbocycles. The third kappa shape index (κ3) is 10.5. The fraction of sp³-hybridized carbons (Fsp3) is 0.677. The Balaban J connectivity index is 2.34. The molecule has 0 heterocycles. The largest absolute Gasteiger partial charge is 0.751 e. The molecule has 39 heavy (non-hydrogen) atoms. The average Bonchev–Trinajstić information content (AvgIpc) is 2.90. The number of nitrogens with zero attached hydrogens (tertiary/aromatic N) is 3. The number of carbonyl (C=O) groups excluding carboxylic acids is 3. The summed E-state index contributed by atoms with van der Waals surface area (Å²) in [6.45, 7) is 9.35. The van der Waals surface area contributed by atoms with Crippen LogP contribution in [0.2, 0.25) is 0 Å². The molecule has 0 aliphatic heterocycles. The summed E-state index contributed by atoms with van der Waals surface area (Å²) in [5.74, 6) is -1.27. The van der Waals surface area contributed by atoms with Crippen molar-refractivity contribution in [3.8, 4) is 0 Å². The molecule has 0 spiro atoms. The lowest BCUT2D eigenvalue weighted by Crippen LogP contribution is -2.57. The molecule has 2 N–H and O–H groups in total. The molecule has 0 radical (unpaired) electrons. The fourth-order valence-electron chi connectivity index (χ4n) is 5.26. The van der Waals surface area contributed by atoms with Gasteiger partial charge in [-0.25, -0.2) is 0 Å². The van der Waals surface area contributed by atoms with Crippen molar-refractivity contribution < 1.29 is 14.4 Å². The number of benzene rings is 1. The Bertz CT molecular complexity index is 941. The van der Waals surface area contributed by atoms with Crippen LogP contribution in [0.1, 0.15) is 104 Å². The van der Waals surface area contributed by atoms with Crippen molar-refractivity contribution >= 4 is 23.6 Å². The van der Waals surface area contributed by atoms with E-state index in [0.717, 1.165) is 29.7 Å². The number of amidine groups is 1. The molecule has 2 atom stereocenters. The summed E-state index contributed by atoms with van der Waals surface area (Å²) in [4.78, 5) is 46.4. The summed E-state index contributed by atoms with van der Waals surface area (Å²) in [6, 6.07) is 6.90. The molecule has 2 rings (SSSR count). The van der Waals surface area contributed by atoms with Crippen LogP contribution in [0.25, 0.3) is 0 Å². The number of imide groups is 1. The van der Waals surface area contributed by atoms with Gasteiger partial charge in [-0.05, 0) is 50.5 Å². The van der Waals surface area contributed by atoms with Gasteiger partial charge in [0.25, 0.3) is 0 Å². The molecule has 8 heteroatoms. The summed E-state index contributed by atoms with van der Waals surface area (Å²) < 4.78 is 0. The Labute approximate surface area is 235 Å². The van der Waals surface area contributed by atoms with Gasteiger partial charge in [-0.15, -0.1) is 0 Å². The van der Waals surface area contributed by atoms with Crippen molar-refractivity contribution in [2.75, 3.05) is 0 Å². The minimum Gasteiger partial charge on any atom is -0.751 e. The Hall–Kier alpha value is -2.58. The SMILES string of the molecule is CCC[C@@H](C(=O)N([O-])C(CCC1CCCCC1)=NC(C)C)N(C(=O)CC(C)C)C(=O)[C@@H](N)Cc1ccccc1. The second kappa shape index (κ2) is 16.5. The lowest BCUT2D eigenvalue weighted by atomic mass is 9.86. The molecule has 1 aliphatic rings. The van der Waals surface area contributed by atoms with Gasteiger partial charge >= 0.3 is 0 Å². The van der Waals surface area contributed by atoms with E-state index in [1.807, 2.05) is 65.0 Å². The summed E-state index contributed by atoms with van der Waals surface area (Å²) >= 11 is 0. The zero-order valence-electron chi connectivity index (χ0n) is 24.6. The second-order valence-corrected chi connectivity index (χ2v) is 11.6. The highest BCUT2D eigenvalue weighted by Gasteiger charge is 2.37. The van der Waals surface area contributed by atoms with Crippen LogP contribution in [-0.4, -0.2) is 51.6 Å². The molecular weight excluding hydrogens is 492 g/mol. The molecule has 0 unspecified atom stereocenters. The van der Waals surface area contributed by atoms with Crippen LogP contribution < -0.4 is 5.73 Å². The van der Waals surface area contributed by atoms with Gasteiger partial charge in [0.05, 0.1) is 11.9 Å². The van der Waals surface area contributed by atoms with Crippen molar-refractivity contribution in [3.05, 3.63) is 41.1 Å². The number of hydrogen-bond acceptors (Lipinski definition) is 6. The molecule has 3 amide bonds. The number of amides is 3. The van der Waals surface area contributed by atoms with Crippen molar-refractivity contribution in [2.45, 2.75) is 123 Å². The average molecular weight is 542 g/mol. The Kier molecular flexibility index (Phi) is 13.8. The van der Waals surface area contributed by atoms with E-state index < -0.39 is 29.8 Å². The van der Waals surface area contributed by atoms with Crippen LogP contribution in [0.3, 0.4) is 0 Å². The fourth-order valence-corrected chi connectivity index (χ4v) is 5.26. The van der Waals surface area contributed by atoms with Crippen molar-refractivity contribution in [1.29, 1.82) is 0 Å². The maximum absolute atomic E-state index is 13.8. The number of nitrogens with two attached hydrogens (primary N) is 1. The van der Waals surface area contributed by atoms with Crippen molar-refractivity contribution in [3.63, 3.8) is 0 Å².